The molecule has 6 heteroatoms. The average molecular weight is 245 g/mol. The van der Waals surface area contributed by atoms with Crippen LogP contribution in [0.15, 0.2) is 0 Å². The van der Waals surface area contributed by atoms with Crippen molar-refractivity contribution in [3.8, 4) is 0 Å². The van der Waals surface area contributed by atoms with Gasteiger partial charge in [0.1, 0.15) is 0 Å². The third-order valence-electron chi connectivity index (χ3n) is 2.95. The molecule has 0 saturated carbocycles. The molecule has 0 bridgehead atoms. The maximum atomic E-state index is 11.7. The van der Waals surface area contributed by atoms with Crippen molar-refractivity contribution in [2.45, 2.75) is 38.4 Å². The SMILES string of the molecule is CCC1OCCC1C(=O)NCC[C@H](O)C(=O)O. The monoisotopic (exact) mass is 245 g/mol. The summed E-state index contributed by atoms with van der Waals surface area (Å²) in [6.07, 6.45) is 0.0455. The van der Waals surface area contributed by atoms with Gasteiger partial charge in [-0.1, -0.05) is 6.92 Å². The maximum absolute atomic E-state index is 11.7. The largest absolute Gasteiger partial charge is 0.479 e. The molecule has 1 heterocycles. The molecule has 1 fully saturated rings. The quantitative estimate of drug-likeness (QED) is 0.600. The summed E-state index contributed by atoms with van der Waals surface area (Å²) in [6, 6.07) is 0. The van der Waals surface area contributed by atoms with Gasteiger partial charge in [-0.05, 0) is 12.8 Å². The number of carboxylic acid groups (broad SMARTS) is 1. The summed E-state index contributed by atoms with van der Waals surface area (Å²) < 4.78 is 5.40. The molecule has 0 radical (unpaired) electrons. The van der Waals surface area contributed by atoms with Crippen LogP contribution in [0.2, 0.25) is 0 Å². The van der Waals surface area contributed by atoms with E-state index in [1.54, 1.807) is 0 Å². The van der Waals surface area contributed by atoms with Gasteiger partial charge in [0.2, 0.25) is 5.91 Å². The molecule has 1 saturated heterocycles. The molecule has 1 aliphatic rings. The minimum absolute atomic E-state index is 0.0193. The Bertz CT molecular complexity index is 281. The Morgan fingerprint density at radius 2 is 2.24 bits per heavy atom. The molecule has 1 rings (SSSR count). The first kappa shape index (κ1) is 13.9. The van der Waals surface area contributed by atoms with Gasteiger partial charge in [0.25, 0.3) is 0 Å². The second-order valence-corrected chi connectivity index (χ2v) is 4.15. The minimum atomic E-state index is -1.42. The van der Waals surface area contributed by atoms with Crippen LogP contribution in [0.3, 0.4) is 0 Å². The predicted octanol–water partition coefficient (Wildman–Crippen LogP) is -0.247. The van der Waals surface area contributed by atoms with Crippen molar-refractivity contribution >= 4 is 11.9 Å². The lowest BCUT2D eigenvalue weighted by Gasteiger charge is -2.16. The van der Waals surface area contributed by atoms with E-state index in [1.165, 1.54) is 0 Å². The lowest BCUT2D eigenvalue weighted by molar-refractivity contribution is -0.147. The molecule has 17 heavy (non-hydrogen) atoms. The summed E-state index contributed by atoms with van der Waals surface area (Å²) in [7, 11) is 0. The fourth-order valence-electron chi connectivity index (χ4n) is 1.94. The summed E-state index contributed by atoms with van der Waals surface area (Å²) >= 11 is 0. The highest BCUT2D eigenvalue weighted by Gasteiger charge is 2.32. The number of nitrogens with one attached hydrogen (secondary N) is 1. The molecule has 0 spiro atoms. The van der Waals surface area contributed by atoms with Gasteiger partial charge < -0.3 is 20.3 Å². The van der Waals surface area contributed by atoms with Crippen molar-refractivity contribution in [1.82, 2.24) is 5.32 Å². The maximum Gasteiger partial charge on any atom is 0.332 e. The van der Waals surface area contributed by atoms with Crippen molar-refractivity contribution in [2.24, 2.45) is 5.92 Å². The Morgan fingerprint density at radius 1 is 1.53 bits per heavy atom. The van der Waals surface area contributed by atoms with Crippen LogP contribution >= 0.6 is 0 Å². The molecular formula is C11H19NO5. The van der Waals surface area contributed by atoms with E-state index >= 15 is 0 Å². The van der Waals surface area contributed by atoms with Crippen molar-refractivity contribution in [2.75, 3.05) is 13.2 Å². The molecule has 0 aromatic heterocycles. The molecule has 3 N–H and O–H groups in total. The molecule has 3 atom stereocenters. The number of hydrogen-bond donors (Lipinski definition) is 3. The number of ether oxygens (including phenoxy) is 1. The standard InChI is InChI=1S/C11H19NO5/c1-2-9-7(4-6-17-9)10(14)12-5-3-8(13)11(15)16/h7-9,13H,2-6H2,1H3,(H,12,14)(H,15,16)/t7?,8-,9?/m0/s1. The molecular weight excluding hydrogens is 226 g/mol. The van der Waals surface area contributed by atoms with Gasteiger partial charge in [-0.2, -0.15) is 0 Å². The average Bonchev–Trinajstić information content (AvgIpc) is 2.76. The van der Waals surface area contributed by atoms with Crippen molar-refractivity contribution in [3.05, 3.63) is 0 Å². The Kier molecular flexibility index (Phi) is 5.37. The van der Waals surface area contributed by atoms with Gasteiger partial charge >= 0.3 is 5.97 Å². The fraction of sp³-hybridized carbons (Fsp3) is 0.818. The minimum Gasteiger partial charge on any atom is -0.479 e. The summed E-state index contributed by atoms with van der Waals surface area (Å²) in [5.74, 6) is -1.54. The number of aliphatic hydroxyl groups excluding tert-OH is 1. The predicted molar refractivity (Wildman–Crippen MR) is 59.4 cm³/mol. The Balaban J connectivity index is 2.27. The number of hydrogen-bond acceptors (Lipinski definition) is 4. The first-order valence-electron chi connectivity index (χ1n) is 5.86. The fourth-order valence-corrected chi connectivity index (χ4v) is 1.94. The summed E-state index contributed by atoms with van der Waals surface area (Å²) in [6.45, 7) is 2.72. The third kappa shape index (κ3) is 3.98. The van der Waals surface area contributed by atoms with Crippen LogP contribution in [0.25, 0.3) is 0 Å². The van der Waals surface area contributed by atoms with Crippen LogP contribution in [0, 0.1) is 5.92 Å². The van der Waals surface area contributed by atoms with E-state index in [0.717, 1.165) is 6.42 Å². The summed E-state index contributed by atoms with van der Waals surface area (Å²) in [5.41, 5.74) is 0. The van der Waals surface area contributed by atoms with Crippen LogP contribution in [-0.2, 0) is 14.3 Å². The van der Waals surface area contributed by atoms with Gasteiger partial charge in [-0.15, -0.1) is 0 Å². The van der Waals surface area contributed by atoms with Crippen LogP contribution < -0.4 is 5.32 Å². The molecule has 1 aliphatic heterocycles. The molecule has 6 nitrogen and oxygen atoms in total. The van der Waals surface area contributed by atoms with Crippen LogP contribution in [0.5, 0.6) is 0 Å². The number of aliphatic carboxylic acids is 1. The molecule has 1 amide bonds. The number of carbonyl (C=O) groups excluding carboxylic acids is 1. The summed E-state index contributed by atoms with van der Waals surface area (Å²) in [5, 5.41) is 20.1. The number of amides is 1. The topological polar surface area (TPSA) is 95.9 Å². The molecule has 98 valence electrons. The van der Waals surface area contributed by atoms with Gasteiger partial charge in [-0.3, -0.25) is 4.79 Å². The molecule has 2 unspecified atom stereocenters. The zero-order valence-electron chi connectivity index (χ0n) is 9.89. The zero-order valence-corrected chi connectivity index (χ0v) is 9.89. The molecule has 0 aromatic carbocycles. The Morgan fingerprint density at radius 3 is 2.82 bits per heavy atom. The zero-order chi connectivity index (χ0) is 12.8. The van der Waals surface area contributed by atoms with E-state index in [4.69, 9.17) is 14.9 Å². The van der Waals surface area contributed by atoms with E-state index in [1.807, 2.05) is 6.92 Å². The third-order valence-corrected chi connectivity index (χ3v) is 2.95. The number of aliphatic hydroxyl groups is 1. The van der Waals surface area contributed by atoms with Crippen molar-refractivity contribution in [3.63, 3.8) is 0 Å². The Hall–Kier alpha value is -1.14. The summed E-state index contributed by atoms with van der Waals surface area (Å²) in [4.78, 5) is 22.1. The van der Waals surface area contributed by atoms with E-state index in [9.17, 15) is 9.59 Å². The second-order valence-electron chi connectivity index (χ2n) is 4.15. The van der Waals surface area contributed by atoms with E-state index in [2.05, 4.69) is 5.32 Å². The molecule has 0 aliphatic carbocycles. The highest BCUT2D eigenvalue weighted by molar-refractivity contribution is 5.79. The van der Waals surface area contributed by atoms with Gasteiger partial charge in [0.15, 0.2) is 6.10 Å². The van der Waals surface area contributed by atoms with Crippen LogP contribution in [-0.4, -0.2) is 47.4 Å². The van der Waals surface area contributed by atoms with Crippen LogP contribution in [0.4, 0.5) is 0 Å². The van der Waals surface area contributed by atoms with E-state index in [0.29, 0.717) is 13.0 Å². The van der Waals surface area contributed by atoms with Gasteiger partial charge in [0.05, 0.1) is 12.0 Å². The highest BCUT2D eigenvalue weighted by Crippen LogP contribution is 2.23. The Labute approximate surface area is 100.0 Å². The van der Waals surface area contributed by atoms with Crippen molar-refractivity contribution < 1.29 is 24.5 Å². The smallest absolute Gasteiger partial charge is 0.332 e. The lowest BCUT2D eigenvalue weighted by Crippen LogP contribution is -2.37. The highest BCUT2D eigenvalue weighted by atomic mass is 16.5. The van der Waals surface area contributed by atoms with E-state index in [-0.39, 0.29) is 30.9 Å². The van der Waals surface area contributed by atoms with Crippen molar-refractivity contribution in [1.29, 1.82) is 0 Å². The van der Waals surface area contributed by atoms with Gasteiger partial charge in [-0.25, -0.2) is 4.79 Å². The first-order valence-corrected chi connectivity index (χ1v) is 5.86. The normalized spacial score (nSPS) is 25.5. The number of carboxylic acids is 1. The number of carbonyl (C=O) groups is 2. The molecule has 0 aromatic rings. The first-order chi connectivity index (χ1) is 8.06. The van der Waals surface area contributed by atoms with Crippen LogP contribution in [0.1, 0.15) is 26.2 Å². The van der Waals surface area contributed by atoms with E-state index < -0.39 is 12.1 Å². The lowest BCUT2D eigenvalue weighted by atomic mass is 9.98. The second kappa shape index (κ2) is 6.56. The van der Waals surface area contributed by atoms with Gasteiger partial charge in [0, 0.05) is 19.6 Å². The number of rotatable bonds is 6.